The minimum absolute atomic E-state index is 0.00187. The number of hydrogen-bond donors (Lipinski definition) is 10. The molecule has 0 fully saturated rings. The van der Waals surface area contributed by atoms with Gasteiger partial charge in [-0.15, -0.1) is 0 Å². The van der Waals surface area contributed by atoms with E-state index in [1.54, 1.807) is 40.8 Å². The Morgan fingerprint density at radius 3 is 2.49 bits per heavy atom. The molecule has 7 rings (SSSR count). The number of phosphoric acid groups is 1. The molecule has 23 nitrogen and oxygen atoms in total. The van der Waals surface area contributed by atoms with Gasteiger partial charge in [0.2, 0.25) is 17.7 Å². The first-order chi connectivity index (χ1) is 34.1. The molecule has 11 N–H and O–H groups in total. The molecule has 0 saturated carbocycles. The Morgan fingerprint density at radius 1 is 1.06 bits per heavy atom. The summed E-state index contributed by atoms with van der Waals surface area (Å²) in [6.45, 7) is 5.02. The minimum Gasteiger partial charge on any atom is -0.465 e. The molecule has 1 aliphatic carbocycles. The fourth-order valence-electron chi connectivity index (χ4n) is 9.41. The highest BCUT2D eigenvalue weighted by Crippen LogP contribution is 2.47. The molecule has 1 unspecified atom stereocenters. The van der Waals surface area contributed by atoms with E-state index in [0.717, 1.165) is 0 Å². The van der Waals surface area contributed by atoms with Crippen molar-refractivity contribution in [3.8, 4) is 11.4 Å². The van der Waals surface area contributed by atoms with Crippen LogP contribution in [0.15, 0.2) is 35.1 Å². The van der Waals surface area contributed by atoms with Crippen LogP contribution in [0.3, 0.4) is 0 Å². The number of urea groups is 1. The van der Waals surface area contributed by atoms with Gasteiger partial charge in [0.15, 0.2) is 5.60 Å². The summed E-state index contributed by atoms with van der Waals surface area (Å²) < 4.78 is 45.8. The number of carbonyl (C=O) groups excluding carboxylic acids is 5. The number of aliphatic hydroxyl groups is 1. The van der Waals surface area contributed by atoms with Gasteiger partial charge in [0.05, 0.1) is 41.7 Å². The molecule has 2 aromatic carbocycles. The van der Waals surface area contributed by atoms with Crippen LogP contribution in [0, 0.1) is 18.7 Å². The van der Waals surface area contributed by atoms with Crippen molar-refractivity contribution in [2.24, 2.45) is 11.7 Å². The van der Waals surface area contributed by atoms with E-state index in [1.807, 2.05) is 0 Å². The third kappa shape index (κ3) is 11.0. The molecule has 0 spiro atoms. The SMILES string of the molecule is CC[C@@]1(O)C(=O)OCc2c1cc1n(c2=O)Cc2c-1nc1cc(F)c(C)c3c1c2[C@@H](NC(=O)COP(=O)(O)OCc1ccc(NC(=O)[C@H](CCCNC(N)=O)NC(=O)[C@@H](NC(=O)O)C(C)C)cc1CNC)CC3. The number of carbonyl (C=O) groups is 6. The van der Waals surface area contributed by atoms with Gasteiger partial charge in [-0.3, -0.25) is 28.2 Å². The number of carboxylic acid groups (broad SMARTS) is 1. The van der Waals surface area contributed by atoms with Gasteiger partial charge in [0.1, 0.15) is 31.1 Å². The number of halogens is 1. The number of nitrogens with zero attached hydrogens (tertiary/aromatic N) is 2. The second kappa shape index (κ2) is 21.5. The smallest absolute Gasteiger partial charge is 0.465 e. The number of rotatable bonds is 20. The minimum atomic E-state index is -4.92. The zero-order valence-electron chi connectivity index (χ0n) is 40.1. The quantitative estimate of drug-likeness (QED) is 0.0304. The molecule has 0 saturated heterocycles. The topological polar surface area (TPSA) is 341 Å². The van der Waals surface area contributed by atoms with Crippen LogP contribution in [-0.2, 0) is 75.9 Å². The number of pyridine rings is 2. The van der Waals surface area contributed by atoms with Crippen LogP contribution in [0.1, 0.15) is 97.0 Å². The van der Waals surface area contributed by atoms with Gasteiger partial charge in [-0.05, 0) is 98.0 Å². The number of ether oxygens (including phenoxy) is 1. The van der Waals surface area contributed by atoms with Crippen molar-refractivity contribution in [1.82, 2.24) is 36.1 Å². The maximum atomic E-state index is 15.4. The molecule has 386 valence electrons. The van der Waals surface area contributed by atoms with Crippen LogP contribution in [0.5, 0.6) is 0 Å². The summed E-state index contributed by atoms with van der Waals surface area (Å²) in [6, 6.07) is 3.49. The van der Waals surface area contributed by atoms with E-state index in [1.165, 1.54) is 28.8 Å². The molecule has 2 aromatic heterocycles. The number of anilines is 1. The standard InChI is InChI=1S/C47H57FN9O14P/c1-6-47(66)30-15-35-40-28(18-57(35)43(61)29(30)20-69-44(47)62)38-32(12-11-27-23(4)31(48)16-34(54-40)37(27)38)53-36(58)21-71-72(67,68)70-19-24-9-10-26(14-25(24)17-50-5)52-41(59)33(8-7-13-51-45(49)63)55-42(60)39(22(2)3)56-46(64)65/h9-10,14-16,22,32-33,39,50,56,66H,6-8,11-13,17-21H2,1-5H3,(H,52,59)(H,53,58)(H,55,60)(H,64,65)(H,67,68)(H3,49,51,63)/t32-,33-,39-,47-/m0/s1. The first kappa shape index (κ1) is 53.0. The fraction of sp³-hybridized carbons (Fsp3) is 0.447. The zero-order valence-corrected chi connectivity index (χ0v) is 41.0. The highest BCUT2D eigenvalue weighted by Gasteiger charge is 2.46. The average Bonchev–Trinajstić information content (AvgIpc) is 3.70. The molecule has 0 bridgehead atoms. The van der Waals surface area contributed by atoms with Crippen molar-refractivity contribution >= 4 is 60.2 Å². The molecule has 4 heterocycles. The van der Waals surface area contributed by atoms with E-state index in [-0.39, 0.29) is 79.9 Å². The predicted molar refractivity (Wildman–Crippen MR) is 255 cm³/mol. The monoisotopic (exact) mass is 1020 g/mol. The number of nitrogens with two attached hydrogens (primary N) is 1. The maximum Gasteiger partial charge on any atom is 0.473 e. The van der Waals surface area contributed by atoms with Crippen LogP contribution >= 0.6 is 7.82 Å². The molecular weight excluding hydrogens is 965 g/mol. The van der Waals surface area contributed by atoms with Gasteiger partial charge >= 0.3 is 25.9 Å². The Bertz CT molecular complexity index is 2990. The van der Waals surface area contributed by atoms with Gasteiger partial charge in [-0.25, -0.2) is 28.3 Å². The fourth-order valence-corrected chi connectivity index (χ4v) is 10.1. The molecule has 5 atom stereocenters. The molecular formula is C47H57FN9O14P. The molecule has 25 heteroatoms. The lowest BCUT2D eigenvalue weighted by Gasteiger charge is -2.31. The van der Waals surface area contributed by atoms with Crippen molar-refractivity contribution in [1.29, 1.82) is 0 Å². The number of hydrogen-bond acceptors (Lipinski definition) is 14. The van der Waals surface area contributed by atoms with Gasteiger partial charge in [-0.1, -0.05) is 26.8 Å². The number of amides is 6. The lowest BCUT2D eigenvalue weighted by Crippen LogP contribution is -2.54. The van der Waals surface area contributed by atoms with Gasteiger partial charge in [0.25, 0.3) is 5.56 Å². The Morgan fingerprint density at radius 2 is 1.81 bits per heavy atom. The van der Waals surface area contributed by atoms with Gasteiger partial charge in [0, 0.05) is 41.4 Å². The first-order valence-electron chi connectivity index (χ1n) is 23.2. The highest BCUT2D eigenvalue weighted by atomic mass is 31.2. The van der Waals surface area contributed by atoms with Crippen LogP contribution < -0.4 is 43.2 Å². The first-order valence-corrected chi connectivity index (χ1v) is 24.7. The number of cyclic esters (lactones) is 1. The molecule has 4 aromatic rings. The molecule has 6 amide bonds. The maximum absolute atomic E-state index is 15.4. The highest BCUT2D eigenvalue weighted by molar-refractivity contribution is 7.47. The summed E-state index contributed by atoms with van der Waals surface area (Å²) in [4.78, 5) is 105. The zero-order chi connectivity index (χ0) is 52.4. The van der Waals surface area contributed by atoms with Gasteiger partial charge < -0.3 is 62.0 Å². The van der Waals surface area contributed by atoms with Crippen molar-refractivity contribution in [2.75, 3.05) is 25.5 Å². The van der Waals surface area contributed by atoms with Gasteiger partial charge in [-0.2, -0.15) is 0 Å². The largest absolute Gasteiger partial charge is 0.473 e. The summed E-state index contributed by atoms with van der Waals surface area (Å²) in [5, 5.41) is 36.9. The number of phosphoric ester groups is 1. The van der Waals surface area contributed by atoms with Crippen LogP contribution in [0.4, 0.5) is 19.7 Å². The number of aromatic nitrogens is 2. The third-order valence-electron chi connectivity index (χ3n) is 13.1. The number of esters is 1. The Kier molecular flexibility index (Phi) is 15.8. The predicted octanol–water partition coefficient (Wildman–Crippen LogP) is 2.85. The van der Waals surface area contributed by atoms with Crippen molar-refractivity contribution in [2.45, 2.75) is 110 Å². The van der Waals surface area contributed by atoms with E-state index in [0.29, 0.717) is 50.9 Å². The number of benzene rings is 2. The lowest BCUT2D eigenvalue weighted by atomic mass is 9.81. The Balaban J connectivity index is 1.04. The lowest BCUT2D eigenvalue weighted by molar-refractivity contribution is -0.172. The second-order valence-corrected chi connectivity index (χ2v) is 19.6. The summed E-state index contributed by atoms with van der Waals surface area (Å²) in [5.41, 5.74) is 6.99. The summed E-state index contributed by atoms with van der Waals surface area (Å²) >= 11 is 0. The Hall–Kier alpha value is -6.82. The number of primary amides is 1. The summed E-state index contributed by atoms with van der Waals surface area (Å²) in [5.74, 6) is -4.06. The molecule has 0 radical (unpaired) electrons. The van der Waals surface area contributed by atoms with E-state index in [2.05, 4.69) is 31.9 Å². The normalized spacial score (nSPS) is 18.2. The van der Waals surface area contributed by atoms with Crippen LogP contribution in [-0.4, -0.2) is 92.8 Å². The van der Waals surface area contributed by atoms with Crippen molar-refractivity contribution in [3.05, 3.63) is 91.0 Å². The van der Waals surface area contributed by atoms with Crippen molar-refractivity contribution in [3.63, 3.8) is 0 Å². The number of fused-ring (bicyclic) bond motifs is 5. The van der Waals surface area contributed by atoms with E-state index < -0.39 is 97.9 Å². The Labute approximate surface area is 411 Å². The summed E-state index contributed by atoms with van der Waals surface area (Å²) in [7, 11) is -3.28. The van der Waals surface area contributed by atoms with E-state index in [4.69, 9.17) is 24.5 Å². The third-order valence-corrected chi connectivity index (χ3v) is 14.0. The second-order valence-electron chi connectivity index (χ2n) is 18.2. The van der Waals surface area contributed by atoms with E-state index >= 15 is 4.39 Å². The number of nitrogens with one attached hydrogen (secondary N) is 6. The molecule has 3 aliphatic rings. The number of aryl methyl sites for hydroxylation is 1. The molecule has 2 aliphatic heterocycles. The van der Waals surface area contributed by atoms with Crippen molar-refractivity contribution < 1.29 is 66.6 Å². The average molecular weight is 1020 g/mol. The van der Waals surface area contributed by atoms with E-state index in [9.17, 15) is 53.2 Å². The van der Waals surface area contributed by atoms with Crippen LogP contribution in [0.2, 0.25) is 0 Å². The molecule has 72 heavy (non-hydrogen) atoms. The van der Waals surface area contributed by atoms with Crippen LogP contribution in [0.25, 0.3) is 22.3 Å². The summed E-state index contributed by atoms with van der Waals surface area (Å²) in [6.07, 6.45) is -0.639.